The van der Waals surface area contributed by atoms with Gasteiger partial charge in [0.1, 0.15) is 5.82 Å². The molecule has 2 rings (SSSR count). The summed E-state index contributed by atoms with van der Waals surface area (Å²) >= 11 is 5.72. The molecular formula is C12H12ClFO2. The smallest absolute Gasteiger partial charge is 0.304 e. The van der Waals surface area contributed by atoms with Gasteiger partial charge in [0.05, 0.1) is 11.4 Å². The van der Waals surface area contributed by atoms with Crippen molar-refractivity contribution in [3.63, 3.8) is 0 Å². The Balaban J connectivity index is 2.33. The fourth-order valence-electron chi connectivity index (χ4n) is 2.29. The number of halogens is 2. The topological polar surface area (TPSA) is 37.3 Å². The van der Waals surface area contributed by atoms with E-state index in [0.29, 0.717) is 0 Å². The van der Waals surface area contributed by atoms with Crippen LogP contribution in [-0.4, -0.2) is 11.1 Å². The molecule has 0 radical (unpaired) electrons. The zero-order chi connectivity index (χ0) is 11.8. The maximum absolute atomic E-state index is 13.0. The van der Waals surface area contributed by atoms with Crippen molar-refractivity contribution in [3.8, 4) is 0 Å². The third-order valence-electron chi connectivity index (χ3n) is 3.33. The molecule has 0 heterocycles. The second-order valence-electron chi connectivity index (χ2n) is 4.33. The SMILES string of the molecule is O=C(O)CC1(c2ccc(F)c(Cl)c2)CCC1. The van der Waals surface area contributed by atoms with Crippen molar-refractivity contribution in [1.82, 2.24) is 0 Å². The van der Waals surface area contributed by atoms with Crippen molar-refractivity contribution in [2.45, 2.75) is 31.1 Å². The summed E-state index contributed by atoms with van der Waals surface area (Å²) in [5, 5.41) is 8.96. The van der Waals surface area contributed by atoms with Gasteiger partial charge in [0.15, 0.2) is 0 Å². The van der Waals surface area contributed by atoms with Crippen LogP contribution in [0.25, 0.3) is 0 Å². The van der Waals surface area contributed by atoms with Crippen molar-refractivity contribution >= 4 is 17.6 Å². The zero-order valence-electron chi connectivity index (χ0n) is 8.67. The van der Waals surface area contributed by atoms with E-state index in [0.717, 1.165) is 24.8 Å². The molecule has 0 atom stereocenters. The quantitative estimate of drug-likeness (QED) is 0.882. The first-order valence-corrected chi connectivity index (χ1v) is 5.59. The highest BCUT2D eigenvalue weighted by molar-refractivity contribution is 6.30. The first-order chi connectivity index (χ1) is 7.53. The van der Waals surface area contributed by atoms with Crippen LogP contribution < -0.4 is 0 Å². The minimum Gasteiger partial charge on any atom is -0.481 e. The van der Waals surface area contributed by atoms with Crippen molar-refractivity contribution in [1.29, 1.82) is 0 Å². The number of hydrogen-bond donors (Lipinski definition) is 1. The minimum atomic E-state index is -0.819. The summed E-state index contributed by atoms with van der Waals surface area (Å²) in [6.07, 6.45) is 2.78. The fraction of sp³-hybridized carbons (Fsp3) is 0.417. The van der Waals surface area contributed by atoms with Crippen LogP contribution in [0.2, 0.25) is 5.02 Å². The molecule has 1 aromatic rings. The average Bonchev–Trinajstić information content (AvgIpc) is 2.16. The number of carbonyl (C=O) groups is 1. The van der Waals surface area contributed by atoms with Crippen molar-refractivity contribution < 1.29 is 14.3 Å². The maximum Gasteiger partial charge on any atom is 0.304 e. The minimum absolute atomic E-state index is 0.0640. The summed E-state index contributed by atoms with van der Waals surface area (Å²) in [6, 6.07) is 4.50. The Hall–Kier alpha value is -1.09. The molecule has 1 aliphatic rings. The summed E-state index contributed by atoms with van der Waals surface area (Å²) in [5.41, 5.74) is 0.510. The second-order valence-corrected chi connectivity index (χ2v) is 4.74. The number of rotatable bonds is 3. The molecule has 86 valence electrons. The molecule has 0 amide bonds. The van der Waals surface area contributed by atoms with Gasteiger partial charge >= 0.3 is 5.97 Å². The first-order valence-electron chi connectivity index (χ1n) is 5.21. The van der Waals surface area contributed by atoms with Crippen molar-refractivity contribution in [2.24, 2.45) is 0 Å². The van der Waals surface area contributed by atoms with Crippen LogP contribution in [0.4, 0.5) is 4.39 Å². The summed E-state index contributed by atoms with van der Waals surface area (Å²) in [4.78, 5) is 10.8. The molecule has 16 heavy (non-hydrogen) atoms. The van der Waals surface area contributed by atoms with Gasteiger partial charge in [-0.2, -0.15) is 0 Å². The van der Waals surface area contributed by atoms with Gasteiger partial charge in [0.2, 0.25) is 0 Å². The molecule has 0 spiro atoms. The highest BCUT2D eigenvalue weighted by Gasteiger charge is 2.40. The van der Waals surface area contributed by atoms with Crippen LogP contribution in [0.1, 0.15) is 31.2 Å². The van der Waals surface area contributed by atoms with Crippen LogP contribution in [0.3, 0.4) is 0 Å². The Kier molecular flexibility index (Phi) is 2.89. The lowest BCUT2D eigenvalue weighted by atomic mass is 9.62. The largest absolute Gasteiger partial charge is 0.481 e. The molecular weight excluding hydrogens is 231 g/mol. The van der Waals surface area contributed by atoms with Crippen molar-refractivity contribution in [2.75, 3.05) is 0 Å². The first kappa shape index (κ1) is 11.4. The summed E-state index contributed by atoms with van der Waals surface area (Å²) in [7, 11) is 0. The number of carboxylic acids is 1. The molecule has 4 heteroatoms. The molecule has 0 saturated heterocycles. The molecule has 0 unspecified atom stereocenters. The normalized spacial score (nSPS) is 17.9. The van der Waals surface area contributed by atoms with Gasteiger partial charge in [-0.15, -0.1) is 0 Å². The summed E-state index contributed by atoms with van der Waals surface area (Å²) in [5.74, 6) is -1.28. The van der Waals surface area contributed by atoms with Crippen LogP contribution in [0.5, 0.6) is 0 Å². The van der Waals surface area contributed by atoms with E-state index in [2.05, 4.69) is 0 Å². The predicted octanol–water partition coefficient (Wildman–Crippen LogP) is 3.38. The van der Waals surface area contributed by atoms with E-state index in [1.807, 2.05) is 0 Å². The van der Waals surface area contributed by atoms with E-state index in [1.165, 1.54) is 6.07 Å². The van der Waals surface area contributed by atoms with E-state index >= 15 is 0 Å². The van der Waals surface area contributed by atoms with Gasteiger partial charge in [-0.1, -0.05) is 24.1 Å². The zero-order valence-corrected chi connectivity index (χ0v) is 9.43. The molecule has 1 saturated carbocycles. The number of hydrogen-bond acceptors (Lipinski definition) is 1. The Morgan fingerprint density at radius 2 is 2.19 bits per heavy atom. The van der Waals surface area contributed by atoms with Crippen LogP contribution in [0, 0.1) is 5.82 Å². The highest BCUT2D eigenvalue weighted by atomic mass is 35.5. The lowest BCUT2D eigenvalue weighted by molar-refractivity contribution is -0.139. The van der Waals surface area contributed by atoms with E-state index in [1.54, 1.807) is 12.1 Å². The van der Waals surface area contributed by atoms with Gasteiger partial charge in [0.25, 0.3) is 0 Å². The van der Waals surface area contributed by atoms with E-state index in [4.69, 9.17) is 16.7 Å². The standard InChI is InChI=1S/C12H12ClFO2/c13-9-6-8(2-3-10(9)14)12(4-1-5-12)7-11(15)16/h2-3,6H,1,4-5,7H2,(H,15,16). The number of benzene rings is 1. The van der Waals surface area contributed by atoms with Gasteiger partial charge < -0.3 is 5.11 Å². The Bertz CT molecular complexity index is 427. The number of carboxylic acid groups (broad SMARTS) is 1. The van der Waals surface area contributed by atoms with E-state index in [9.17, 15) is 9.18 Å². The third-order valence-corrected chi connectivity index (χ3v) is 3.62. The molecule has 0 aromatic heterocycles. The molecule has 1 aliphatic carbocycles. The Morgan fingerprint density at radius 3 is 2.62 bits per heavy atom. The lowest BCUT2D eigenvalue weighted by Gasteiger charge is -2.41. The Morgan fingerprint density at radius 1 is 1.50 bits per heavy atom. The molecule has 1 aromatic carbocycles. The molecule has 0 aliphatic heterocycles. The summed E-state index contributed by atoms with van der Waals surface area (Å²) < 4.78 is 13.0. The third kappa shape index (κ3) is 1.92. The maximum atomic E-state index is 13.0. The van der Waals surface area contributed by atoms with Crippen molar-refractivity contribution in [3.05, 3.63) is 34.6 Å². The highest BCUT2D eigenvalue weighted by Crippen LogP contribution is 2.47. The fourth-order valence-corrected chi connectivity index (χ4v) is 2.47. The molecule has 1 N–H and O–H groups in total. The van der Waals surface area contributed by atoms with Crippen LogP contribution in [0.15, 0.2) is 18.2 Å². The molecule has 0 bridgehead atoms. The van der Waals surface area contributed by atoms with E-state index in [-0.39, 0.29) is 16.9 Å². The molecule has 2 nitrogen and oxygen atoms in total. The van der Waals surface area contributed by atoms with Crippen LogP contribution >= 0.6 is 11.6 Å². The van der Waals surface area contributed by atoms with Crippen LogP contribution in [-0.2, 0) is 10.2 Å². The monoisotopic (exact) mass is 242 g/mol. The van der Waals surface area contributed by atoms with Gasteiger partial charge in [-0.25, -0.2) is 4.39 Å². The second kappa shape index (κ2) is 4.06. The average molecular weight is 243 g/mol. The van der Waals surface area contributed by atoms with Gasteiger partial charge in [-0.3, -0.25) is 4.79 Å². The lowest BCUT2D eigenvalue weighted by Crippen LogP contribution is -2.36. The summed E-state index contributed by atoms with van der Waals surface area (Å²) in [6.45, 7) is 0. The van der Waals surface area contributed by atoms with Gasteiger partial charge in [0, 0.05) is 5.41 Å². The number of aliphatic carboxylic acids is 1. The molecule has 1 fully saturated rings. The van der Waals surface area contributed by atoms with Gasteiger partial charge in [-0.05, 0) is 30.5 Å². The predicted molar refractivity (Wildman–Crippen MR) is 59.2 cm³/mol. The van der Waals surface area contributed by atoms with E-state index < -0.39 is 11.8 Å². The Labute approximate surface area is 98.0 Å².